The monoisotopic (exact) mass is 278 g/mol. The largest absolute Gasteiger partial charge is 0.476 e. The lowest BCUT2D eigenvalue weighted by Crippen LogP contribution is -2.16. The molecule has 2 aromatic rings. The van der Waals surface area contributed by atoms with Gasteiger partial charge in [0.05, 0.1) is 0 Å². The molecule has 0 radical (unpaired) electrons. The molecule has 0 aliphatic rings. The SMILES string of the molecule is Nc1nc(/C(=N\OCc2ccccc2)C(=O)O)ns1. The minimum atomic E-state index is -1.27. The number of carbonyl (C=O) groups is 1. The summed E-state index contributed by atoms with van der Waals surface area (Å²) in [6.45, 7) is 0.164. The number of oxime groups is 1. The molecule has 0 spiro atoms. The molecule has 98 valence electrons. The lowest BCUT2D eigenvalue weighted by molar-refractivity contribution is -0.129. The van der Waals surface area contributed by atoms with Crippen molar-refractivity contribution in [1.29, 1.82) is 0 Å². The molecule has 0 unspecified atom stereocenters. The molecule has 7 nitrogen and oxygen atoms in total. The van der Waals surface area contributed by atoms with Crippen LogP contribution in [0.4, 0.5) is 5.13 Å². The van der Waals surface area contributed by atoms with Crippen molar-refractivity contribution in [2.75, 3.05) is 5.73 Å². The predicted molar refractivity (Wildman–Crippen MR) is 69.7 cm³/mol. The number of carboxylic acids is 1. The molecule has 0 amide bonds. The molecule has 0 fully saturated rings. The normalized spacial score (nSPS) is 11.3. The van der Waals surface area contributed by atoms with Gasteiger partial charge in [0.2, 0.25) is 11.5 Å². The Morgan fingerprint density at radius 1 is 1.42 bits per heavy atom. The number of nitrogens with zero attached hydrogens (tertiary/aromatic N) is 3. The molecule has 3 N–H and O–H groups in total. The van der Waals surface area contributed by atoms with E-state index in [2.05, 4.69) is 14.5 Å². The number of anilines is 1. The Hall–Kier alpha value is -2.48. The number of hydrogen-bond donors (Lipinski definition) is 2. The number of aliphatic carboxylic acids is 1. The number of carboxylic acid groups (broad SMARTS) is 1. The van der Waals surface area contributed by atoms with E-state index in [9.17, 15) is 4.79 Å². The van der Waals surface area contributed by atoms with Gasteiger partial charge in [0.15, 0.2) is 5.13 Å². The summed E-state index contributed by atoms with van der Waals surface area (Å²) in [5, 5.41) is 12.7. The Balaban J connectivity index is 2.08. The Kier molecular flexibility index (Phi) is 4.04. The van der Waals surface area contributed by atoms with Crippen molar-refractivity contribution in [3.8, 4) is 0 Å². The van der Waals surface area contributed by atoms with Crippen molar-refractivity contribution in [1.82, 2.24) is 9.36 Å². The van der Waals surface area contributed by atoms with Crippen LogP contribution in [-0.2, 0) is 16.2 Å². The van der Waals surface area contributed by atoms with Crippen LogP contribution in [0.1, 0.15) is 11.4 Å². The van der Waals surface area contributed by atoms with Gasteiger partial charge >= 0.3 is 5.97 Å². The first kappa shape index (κ1) is 13.0. The van der Waals surface area contributed by atoms with Gasteiger partial charge in [-0.15, -0.1) is 0 Å². The van der Waals surface area contributed by atoms with Crippen molar-refractivity contribution < 1.29 is 14.7 Å². The number of nitrogens with two attached hydrogens (primary N) is 1. The Morgan fingerprint density at radius 2 is 2.16 bits per heavy atom. The molecule has 1 aromatic heterocycles. The van der Waals surface area contributed by atoms with E-state index >= 15 is 0 Å². The molecule has 1 heterocycles. The molecule has 1 aromatic carbocycles. The third-order valence-corrected chi connectivity index (χ3v) is 2.63. The quantitative estimate of drug-likeness (QED) is 0.626. The maximum Gasteiger partial charge on any atom is 0.362 e. The average Bonchev–Trinajstić information content (AvgIpc) is 2.82. The maximum atomic E-state index is 11.0. The first-order valence-corrected chi connectivity index (χ1v) is 6.01. The molecule has 8 heteroatoms. The van der Waals surface area contributed by atoms with Gasteiger partial charge in [-0.3, -0.25) is 0 Å². The molecule has 0 aliphatic carbocycles. The summed E-state index contributed by atoms with van der Waals surface area (Å²) >= 11 is 0.897. The van der Waals surface area contributed by atoms with E-state index in [4.69, 9.17) is 15.7 Å². The van der Waals surface area contributed by atoms with Crippen LogP contribution in [0.3, 0.4) is 0 Å². The van der Waals surface area contributed by atoms with Gasteiger partial charge in [-0.2, -0.15) is 9.36 Å². The molecule has 2 rings (SSSR count). The summed E-state index contributed by atoms with van der Waals surface area (Å²) in [6.07, 6.45) is 0. The van der Waals surface area contributed by atoms with Crippen LogP contribution in [0, 0.1) is 0 Å². The van der Waals surface area contributed by atoms with E-state index in [1.54, 1.807) is 0 Å². The number of benzene rings is 1. The van der Waals surface area contributed by atoms with Crippen LogP contribution in [0.15, 0.2) is 35.5 Å². The van der Waals surface area contributed by atoms with Crippen molar-refractivity contribution in [2.45, 2.75) is 6.61 Å². The second kappa shape index (κ2) is 5.91. The minimum Gasteiger partial charge on any atom is -0.476 e. The van der Waals surface area contributed by atoms with E-state index in [1.807, 2.05) is 30.3 Å². The van der Waals surface area contributed by atoms with Gasteiger partial charge in [0.1, 0.15) is 6.61 Å². The van der Waals surface area contributed by atoms with E-state index in [-0.39, 0.29) is 23.3 Å². The van der Waals surface area contributed by atoms with Crippen LogP contribution >= 0.6 is 11.5 Å². The van der Waals surface area contributed by atoms with Crippen molar-refractivity contribution in [2.24, 2.45) is 5.16 Å². The Bertz CT molecular complexity index is 597. The Labute approximate surface area is 112 Å². The lowest BCUT2D eigenvalue weighted by atomic mass is 10.2. The highest BCUT2D eigenvalue weighted by molar-refractivity contribution is 7.09. The molecule has 0 atom stereocenters. The second-order valence-corrected chi connectivity index (χ2v) is 4.24. The molecular formula is C11H10N4O3S. The third-order valence-electron chi connectivity index (χ3n) is 2.09. The van der Waals surface area contributed by atoms with Gasteiger partial charge in [-0.05, 0) is 5.56 Å². The fraction of sp³-hybridized carbons (Fsp3) is 0.0909. The minimum absolute atomic E-state index is 0.0527. The summed E-state index contributed by atoms with van der Waals surface area (Å²) < 4.78 is 3.78. The molecule has 19 heavy (non-hydrogen) atoms. The van der Waals surface area contributed by atoms with Crippen molar-refractivity contribution >= 4 is 28.3 Å². The zero-order valence-electron chi connectivity index (χ0n) is 9.68. The van der Waals surface area contributed by atoms with Crippen LogP contribution in [0.2, 0.25) is 0 Å². The summed E-state index contributed by atoms with van der Waals surface area (Å²) in [5.41, 5.74) is 5.90. The van der Waals surface area contributed by atoms with Gasteiger partial charge in [-0.25, -0.2) is 4.79 Å². The average molecular weight is 278 g/mol. The van der Waals surface area contributed by atoms with Gasteiger partial charge in [0.25, 0.3) is 0 Å². The first-order valence-electron chi connectivity index (χ1n) is 5.23. The molecule has 0 saturated carbocycles. The molecule has 0 saturated heterocycles. The highest BCUT2D eigenvalue weighted by atomic mass is 32.1. The zero-order chi connectivity index (χ0) is 13.7. The van der Waals surface area contributed by atoms with E-state index < -0.39 is 5.97 Å². The van der Waals surface area contributed by atoms with E-state index in [1.165, 1.54) is 0 Å². The van der Waals surface area contributed by atoms with Crippen LogP contribution in [0.5, 0.6) is 0 Å². The van der Waals surface area contributed by atoms with Crippen LogP contribution < -0.4 is 5.73 Å². The second-order valence-electron chi connectivity index (χ2n) is 3.46. The topological polar surface area (TPSA) is 111 Å². The summed E-state index contributed by atoms with van der Waals surface area (Å²) in [5.74, 6) is -1.33. The lowest BCUT2D eigenvalue weighted by Gasteiger charge is -2.00. The summed E-state index contributed by atoms with van der Waals surface area (Å²) in [6, 6.07) is 9.26. The van der Waals surface area contributed by atoms with Gasteiger partial charge in [-0.1, -0.05) is 35.5 Å². The zero-order valence-corrected chi connectivity index (χ0v) is 10.5. The fourth-order valence-electron chi connectivity index (χ4n) is 1.25. The van der Waals surface area contributed by atoms with Crippen molar-refractivity contribution in [3.63, 3.8) is 0 Å². The standard InChI is InChI=1S/C11H10N4O3S/c12-11-13-9(15-19-11)8(10(16)17)14-18-6-7-4-2-1-3-5-7/h1-5H,6H2,(H,16,17)(H2,12,13,15)/b14-8+. The number of hydrogen-bond acceptors (Lipinski definition) is 7. The third kappa shape index (κ3) is 3.49. The van der Waals surface area contributed by atoms with Crippen molar-refractivity contribution in [3.05, 3.63) is 41.7 Å². The molecule has 0 bridgehead atoms. The number of rotatable bonds is 5. The molecule has 0 aliphatic heterocycles. The summed E-state index contributed by atoms with van der Waals surface area (Å²) in [4.78, 5) is 19.8. The highest BCUT2D eigenvalue weighted by Gasteiger charge is 2.18. The van der Waals surface area contributed by atoms with E-state index in [0.29, 0.717) is 0 Å². The van der Waals surface area contributed by atoms with Gasteiger partial charge < -0.3 is 15.7 Å². The van der Waals surface area contributed by atoms with Crippen LogP contribution in [0.25, 0.3) is 0 Å². The molecular weight excluding hydrogens is 268 g/mol. The Morgan fingerprint density at radius 3 is 2.74 bits per heavy atom. The number of nitrogen functional groups attached to an aromatic ring is 1. The number of aromatic nitrogens is 2. The summed E-state index contributed by atoms with van der Waals surface area (Å²) in [7, 11) is 0. The smallest absolute Gasteiger partial charge is 0.362 e. The van der Waals surface area contributed by atoms with Crippen LogP contribution in [-0.4, -0.2) is 26.1 Å². The fourth-order valence-corrected chi connectivity index (χ4v) is 1.69. The first-order chi connectivity index (χ1) is 9.16. The highest BCUT2D eigenvalue weighted by Crippen LogP contribution is 2.08. The predicted octanol–water partition coefficient (Wildman–Crippen LogP) is 1.13. The van der Waals surface area contributed by atoms with Gasteiger partial charge in [0, 0.05) is 11.5 Å². The van der Waals surface area contributed by atoms with E-state index in [0.717, 1.165) is 17.1 Å². The maximum absolute atomic E-state index is 11.0.